The van der Waals surface area contributed by atoms with Gasteiger partial charge in [0.1, 0.15) is 17.5 Å². The van der Waals surface area contributed by atoms with Crippen molar-refractivity contribution in [3.63, 3.8) is 0 Å². The third-order valence-corrected chi connectivity index (χ3v) is 5.22. The van der Waals surface area contributed by atoms with Gasteiger partial charge in [0.15, 0.2) is 5.60 Å². The lowest BCUT2D eigenvalue weighted by Crippen LogP contribution is -2.56. The summed E-state index contributed by atoms with van der Waals surface area (Å²) in [6.07, 6.45) is 0.998. The quantitative estimate of drug-likeness (QED) is 0.776. The Morgan fingerprint density at radius 3 is 2.28 bits per heavy atom. The van der Waals surface area contributed by atoms with E-state index >= 15 is 0 Å². The Kier molecular flexibility index (Phi) is 5.02. The van der Waals surface area contributed by atoms with Crippen LogP contribution in [-0.4, -0.2) is 33.7 Å². The zero-order valence-corrected chi connectivity index (χ0v) is 15.7. The number of amides is 1. The van der Waals surface area contributed by atoms with Crippen molar-refractivity contribution in [1.29, 1.82) is 0 Å². The molecule has 2 rings (SSSR count). The largest absolute Gasteiger partial charge is 0.507 e. The van der Waals surface area contributed by atoms with Gasteiger partial charge in [-0.05, 0) is 56.7 Å². The molecule has 0 aromatic heterocycles. The van der Waals surface area contributed by atoms with Crippen molar-refractivity contribution in [3.05, 3.63) is 22.3 Å². The zero-order chi connectivity index (χ0) is 19.1. The molecular formula is C19H27NO5. The summed E-state index contributed by atoms with van der Waals surface area (Å²) in [4.78, 5) is 24.1. The van der Waals surface area contributed by atoms with Crippen molar-refractivity contribution in [2.75, 3.05) is 0 Å². The van der Waals surface area contributed by atoms with Crippen LogP contribution in [0.25, 0.3) is 0 Å². The highest BCUT2D eigenvalue weighted by Gasteiger charge is 2.42. The Morgan fingerprint density at radius 2 is 1.76 bits per heavy atom. The van der Waals surface area contributed by atoms with Crippen LogP contribution in [0.5, 0.6) is 11.5 Å². The van der Waals surface area contributed by atoms with Gasteiger partial charge in [-0.15, -0.1) is 0 Å². The van der Waals surface area contributed by atoms with Crippen LogP contribution in [0.4, 0.5) is 0 Å². The average Bonchev–Trinajstić information content (AvgIpc) is 2.54. The van der Waals surface area contributed by atoms with E-state index in [0.29, 0.717) is 18.6 Å². The Balaban J connectivity index is 2.34. The number of nitrogens with one attached hydrogen (secondary N) is 1. The number of carbonyl (C=O) groups is 2. The summed E-state index contributed by atoms with van der Waals surface area (Å²) in [5.74, 6) is -0.839. The lowest BCUT2D eigenvalue weighted by Gasteiger charge is -2.37. The number of aliphatic carboxylic acids is 1. The molecule has 1 unspecified atom stereocenters. The zero-order valence-electron chi connectivity index (χ0n) is 15.7. The maximum absolute atomic E-state index is 12.7. The molecule has 1 amide bonds. The molecule has 3 N–H and O–H groups in total. The molecule has 0 fully saturated rings. The highest BCUT2D eigenvalue weighted by Crippen LogP contribution is 2.43. The number of ether oxygens (including phenoxy) is 1. The minimum Gasteiger partial charge on any atom is -0.507 e. The van der Waals surface area contributed by atoms with E-state index in [-0.39, 0.29) is 11.7 Å². The number of hydrogen-bond acceptors (Lipinski definition) is 4. The molecule has 1 heterocycles. The van der Waals surface area contributed by atoms with Crippen LogP contribution < -0.4 is 10.1 Å². The Labute approximate surface area is 148 Å². The van der Waals surface area contributed by atoms with E-state index in [4.69, 9.17) is 4.74 Å². The van der Waals surface area contributed by atoms with Gasteiger partial charge in [-0.3, -0.25) is 4.79 Å². The summed E-state index contributed by atoms with van der Waals surface area (Å²) < 4.78 is 6.07. The van der Waals surface area contributed by atoms with Crippen molar-refractivity contribution in [2.24, 2.45) is 5.92 Å². The monoisotopic (exact) mass is 349 g/mol. The summed E-state index contributed by atoms with van der Waals surface area (Å²) in [7, 11) is 0. The molecule has 1 aromatic carbocycles. The maximum atomic E-state index is 12.7. The predicted octanol–water partition coefficient (Wildman–Crippen LogP) is 2.63. The van der Waals surface area contributed by atoms with Crippen molar-refractivity contribution in [3.8, 4) is 11.5 Å². The molecule has 6 heteroatoms. The normalized spacial score (nSPS) is 20.6. The molecule has 0 bridgehead atoms. The predicted molar refractivity (Wildman–Crippen MR) is 94.1 cm³/mol. The number of benzene rings is 1. The second-order valence-corrected chi connectivity index (χ2v) is 7.40. The van der Waals surface area contributed by atoms with Crippen LogP contribution in [0.2, 0.25) is 0 Å². The van der Waals surface area contributed by atoms with E-state index in [2.05, 4.69) is 5.32 Å². The SMILES string of the molecule is Cc1c(C)c2c(c(C)c1O)CCC(C)(C(=O)N[C@H](C(=O)O)C(C)C)O2. The first-order valence-electron chi connectivity index (χ1n) is 8.54. The Bertz CT molecular complexity index is 725. The average molecular weight is 349 g/mol. The summed E-state index contributed by atoms with van der Waals surface area (Å²) in [6, 6.07) is -0.960. The summed E-state index contributed by atoms with van der Waals surface area (Å²) in [5, 5.41) is 22.1. The highest BCUT2D eigenvalue weighted by molar-refractivity contribution is 5.89. The second-order valence-electron chi connectivity index (χ2n) is 7.40. The van der Waals surface area contributed by atoms with Gasteiger partial charge in [0.2, 0.25) is 0 Å². The van der Waals surface area contributed by atoms with Gasteiger partial charge in [-0.1, -0.05) is 13.8 Å². The number of phenols is 1. The first kappa shape index (κ1) is 19.1. The number of rotatable bonds is 4. The lowest BCUT2D eigenvalue weighted by molar-refractivity contribution is -0.147. The molecule has 0 aliphatic carbocycles. The first-order valence-corrected chi connectivity index (χ1v) is 8.54. The van der Waals surface area contributed by atoms with Gasteiger partial charge < -0.3 is 20.3 Å². The molecule has 1 aromatic rings. The first-order chi connectivity index (χ1) is 11.5. The van der Waals surface area contributed by atoms with E-state index in [0.717, 1.165) is 22.3 Å². The number of carboxylic acids is 1. The van der Waals surface area contributed by atoms with Gasteiger partial charge >= 0.3 is 5.97 Å². The van der Waals surface area contributed by atoms with Crippen LogP contribution in [0.3, 0.4) is 0 Å². The molecule has 1 aliphatic rings. The fourth-order valence-electron chi connectivity index (χ4n) is 3.22. The smallest absolute Gasteiger partial charge is 0.326 e. The number of fused-ring (bicyclic) bond motifs is 1. The minimum atomic E-state index is -1.14. The van der Waals surface area contributed by atoms with Crippen LogP contribution in [0, 0.1) is 26.7 Å². The molecule has 6 nitrogen and oxygen atoms in total. The summed E-state index contributed by atoms with van der Waals surface area (Å²) in [5.41, 5.74) is 2.06. The molecule has 1 aliphatic heterocycles. The molecule has 0 radical (unpaired) electrons. The third-order valence-electron chi connectivity index (χ3n) is 5.22. The molecule has 138 valence electrons. The van der Waals surface area contributed by atoms with Crippen LogP contribution in [0.1, 0.15) is 49.4 Å². The Morgan fingerprint density at radius 1 is 1.16 bits per heavy atom. The Hall–Kier alpha value is -2.24. The fraction of sp³-hybridized carbons (Fsp3) is 0.579. The number of aromatic hydroxyl groups is 1. The fourth-order valence-corrected chi connectivity index (χ4v) is 3.22. The molecule has 0 spiro atoms. The molecular weight excluding hydrogens is 322 g/mol. The van der Waals surface area contributed by atoms with Gasteiger partial charge in [0, 0.05) is 12.0 Å². The van der Waals surface area contributed by atoms with E-state index in [1.807, 2.05) is 20.8 Å². The summed E-state index contributed by atoms with van der Waals surface area (Å²) >= 11 is 0. The van der Waals surface area contributed by atoms with E-state index < -0.39 is 23.5 Å². The van der Waals surface area contributed by atoms with Crippen molar-refractivity contribution in [1.82, 2.24) is 5.32 Å². The molecule has 25 heavy (non-hydrogen) atoms. The lowest BCUT2D eigenvalue weighted by atomic mass is 9.86. The van der Waals surface area contributed by atoms with Crippen molar-refractivity contribution >= 4 is 11.9 Å². The number of carbonyl (C=O) groups excluding carboxylic acids is 1. The van der Waals surface area contributed by atoms with E-state index in [1.54, 1.807) is 20.8 Å². The van der Waals surface area contributed by atoms with E-state index in [1.165, 1.54) is 0 Å². The maximum Gasteiger partial charge on any atom is 0.326 e. The summed E-state index contributed by atoms with van der Waals surface area (Å²) in [6.45, 7) is 10.7. The highest BCUT2D eigenvalue weighted by atomic mass is 16.5. The standard InChI is InChI=1S/C19H27NO5/c1-9(2)14(17(22)23)20-18(24)19(6)8-7-13-12(5)15(21)10(3)11(4)16(13)25-19/h9,14,21H,7-8H2,1-6H3,(H,20,24)(H,22,23)/t14-,19?/m0/s1. The van der Waals surface area contributed by atoms with E-state index in [9.17, 15) is 19.8 Å². The number of carboxylic acid groups (broad SMARTS) is 1. The third kappa shape index (κ3) is 3.30. The number of hydrogen-bond donors (Lipinski definition) is 3. The van der Waals surface area contributed by atoms with Gasteiger partial charge in [0.05, 0.1) is 0 Å². The van der Waals surface area contributed by atoms with Gasteiger partial charge in [-0.2, -0.15) is 0 Å². The van der Waals surface area contributed by atoms with Crippen molar-refractivity contribution < 1.29 is 24.5 Å². The van der Waals surface area contributed by atoms with Crippen LogP contribution in [-0.2, 0) is 16.0 Å². The molecule has 2 atom stereocenters. The minimum absolute atomic E-state index is 0.232. The number of phenolic OH excluding ortho intramolecular Hbond substituents is 1. The van der Waals surface area contributed by atoms with Gasteiger partial charge in [0.25, 0.3) is 5.91 Å². The molecule has 0 saturated carbocycles. The topological polar surface area (TPSA) is 95.9 Å². The van der Waals surface area contributed by atoms with Crippen molar-refractivity contribution in [2.45, 2.75) is 66.0 Å². The van der Waals surface area contributed by atoms with Gasteiger partial charge in [-0.25, -0.2) is 4.79 Å². The van der Waals surface area contributed by atoms with Crippen LogP contribution >= 0.6 is 0 Å². The molecule has 0 saturated heterocycles. The second kappa shape index (κ2) is 6.58. The van der Waals surface area contributed by atoms with Crippen LogP contribution in [0.15, 0.2) is 0 Å².